The highest BCUT2D eigenvalue weighted by molar-refractivity contribution is 7.89. The van der Waals surface area contributed by atoms with Crippen LogP contribution in [0.3, 0.4) is 0 Å². The van der Waals surface area contributed by atoms with Crippen LogP contribution in [-0.2, 0) is 21.3 Å². The highest BCUT2D eigenvalue weighted by Crippen LogP contribution is 2.22. The summed E-state index contributed by atoms with van der Waals surface area (Å²) in [5, 5.41) is 6.57. The molecular formula is C22H38N4O3S. The van der Waals surface area contributed by atoms with Crippen molar-refractivity contribution in [1.82, 2.24) is 14.9 Å². The van der Waals surface area contributed by atoms with Crippen molar-refractivity contribution in [3.8, 4) is 0 Å². The zero-order valence-corrected chi connectivity index (χ0v) is 19.9. The Morgan fingerprint density at radius 1 is 1.20 bits per heavy atom. The first kappa shape index (κ1) is 24.6. The number of ether oxygens (including phenoxy) is 1. The number of nitrogens with one attached hydrogen (secondary N) is 2. The van der Waals surface area contributed by atoms with E-state index in [4.69, 9.17) is 4.74 Å². The topological polar surface area (TPSA) is 83.0 Å². The molecule has 2 N–H and O–H groups in total. The molecule has 30 heavy (non-hydrogen) atoms. The van der Waals surface area contributed by atoms with Crippen LogP contribution in [-0.4, -0.2) is 58.1 Å². The second kappa shape index (κ2) is 11.1. The van der Waals surface area contributed by atoms with Crippen LogP contribution in [0.5, 0.6) is 0 Å². The Bertz CT molecular complexity index is 797. The Kier molecular flexibility index (Phi) is 9.12. The molecule has 1 fully saturated rings. The van der Waals surface area contributed by atoms with Crippen LogP contribution in [0.1, 0.15) is 52.5 Å². The van der Waals surface area contributed by atoms with E-state index < -0.39 is 10.0 Å². The van der Waals surface area contributed by atoms with Crippen molar-refractivity contribution in [3.05, 3.63) is 29.8 Å². The van der Waals surface area contributed by atoms with Crippen molar-refractivity contribution in [2.45, 2.75) is 64.5 Å². The molecule has 1 atom stereocenters. The van der Waals surface area contributed by atoms with Gasteiger partial charge in [0.1, 0.15) is 0 Å². The molecule has 7 nitrogen and oxygen atoms in total. The van der Waals surface area contributed by atoms with E-state index in [0.717, 1.165) is 31.4 Å². The van der Waals surface area contributed by atoms with Crippen molar-refractivity contribution in [1.29, 1.82) is 0 Å². The molecule has 1 heterocycles. The first-order valence-electron chi connectivity index (χ1n) is 10.8. The van der Waals surface area contributed by atoms with Crippen LogP contribution in [0.4, 0.5) is 0 Å². The van der Waals surface area contributed by atoms with Gasteiger partial charge in [0.2, 0.25) is 10.0 Å². The number of guanidine groups is 1. The Labute approximate surface area is 182 Å². The number of piperidine rings is 1. The number of benzene rings is 1. The molecule has 0 aromatic heterocycles. The lowest BCUT2D eigenvalue weighted by Gasteiger charge is -2.30. The lowest BCUT2D eigenvalue weighted by molar-refractivity contribution is 0.0205. The lowest BCUT2D eigenvalue weighted by atomic mass is 9.89. The summed E-state index contributed by atoms with van der Waals surface area (Å²) in [4.78, 5) is 4.99. The molecule has 8 heteroatoms. The molecule has 0 saturated carbocycles. The third-order valence-electron chi connectivity index (χ3n) is 5.32. The summed E-state index contributed by atoms with van der Waals surface area (Å²) < 4.78 is 33.1. The van der Waals surface area contributed by atoms with Gasteiger partial charge in [-0.05, 0) is 42.9 Å². The molecule has 0 bridgehead atoms. The van der Waals surface area contributed by atoms with Crippen LogP contribution in [0.2, 0.25) is 0 Å². The molecule has 0 radical (unpaired) electrons. The van der Waals surface area contributed by atoms with Gasteiger partial charge < -0.3 is 15.4 Å². The minimum Gasteiger partial charge on any atom is -0.379 e. The second-order valence-electron chi connectivity index (χ2n) is 8.78. The van der Waals surface area contributed by atoms with Crippen molar-refractivity contribution in [3.63, 3.8) is 0 Å². The molecule has 0 amide bonds. The summed E-state index contributed by atoms with van der Waals surface area (Å²) in [6, 6.07) is 7.12. The fourth-order valence-corrected chi connectivity index (χ4v) is 5.09. The second-order valence-corrected chi connectivity index (χ2v) is 10.7. The van der Waals surface area contributed by atoms with Gasteiger partial charge in [-0.1, -0.05) is 39.3 Å². The van der Waals surface area contributed by atoms with Crippen LogP contribution in [0.15, 0.2) is 34.2 Å². The molecule has 170 valence electrons. The van der Waals surface area contributed by atoms with E-state index in [9.17, 15) is 8.42 Å². The highest BCUT2D eigenvalue weighted by atomic mass is 32.2. The fourth-order valence-electron chi connectivity index (χ4n) is 3.50. The Hall–Kier alpha value is -1.64. The van der Waals surface area contributed by atoms with E-state index in [1.54, 1.807) is 29.6 Å². The number of aliphatic imine (C=N–C) groups is 1. The standard InChI is InChI=1S/C22H38N4O3S/c1-6-23-21(25-17-20(29-5)22(2,3)4)24-16-18-11-10-12-19(15-18)30(27,28)26-13-8-7-9-14-26/h10-12,15,20H,6-9,13-14,16-17H2,1-5H3,(H2,23,24,25). The quantitative estimate of drug-likeness (QED) is 0.482. The molecule has 1 aliphatic rings. The van der Waals surface area contributed by atoms with Gasteiger partial charge in [0, 0.05) is 33.3 Å². The highest BCUT2D eigenvalue weighted by Gasteiger charge is 2.26. The van der Waals surface area contributed by atoms with Gasteiger partial charge in [-0.25, -0.2) is 13.4 Å². The third-order valence-corrected chi connectivity index (χ3v) is 7.22. The zero-order chi connectivity index (χ0) is 22.2. The predicted molar refractivity (Wildman–Crippen MR) is 122 cm³/mol. The van der Waals surface area contributed by atoms with E-state index in [-0.39, 0.29) is 11.5 Å². The molecule has 1 unspecified atom stereocenters. The molecule has 1 aromatic carbocycles. The number of sulfonamides is 1. The van der Waals surface area contributed by atoms with E-state index in [1.807, 2.05) is 13.0 Å². The number of methoxy groups -OCH3 is 1. The third kappa shape index (κ3) is 6.96. The summed E-state index contributed by atoms with van der Waals surface area (Å²) in [5.74, 6) is 0.688. The molecule has 1 aromatic rings. The maximum Gasteiger partial charge on any atom is 0.243 e. The van der Waals surface area contributed by atoms with Crippen LogP contribution in [0, 0.1) is 5.41 Å². The fraction of sp³-hybridized carbons (Fsp3) is 0.682. The average Bonchev–Trinajstić information content (AvgIpc) is 2.72. The molecule has 0 spiro atoms. The van der Waals surface area contributed by atoms with Crippen molar-refractivity contribution in [2.24, 2.45) is 10.4 Å². The summed E-state index contributed by atoms with van der Waals surface area (Å²) >= 11 is 0. The van der Waals surface area contributed by atoms with Crippen molar-refractivity contribution < 1.29 is 13.2 Å². The van der Waals surface area contributed by atoms with Gasteiger partial charge in [0.15, 0.2) is 5.96 Å². The van der Waals surface area contributed by atoms with Crippen LogP contribution in [0.25, 0.3) is 0 Å². The monoisotopic (exact) mass is 438 g/mol. The van der Waals surface area contributed by atoms with Crippen LogP contribution >= 0.6 is 0 Å². The van der Waals surface area contributed by atoms with Crippen molar-refractivity contribution >= 4 is 16.0 Å². The molecule has 1 aliphatic heterocycles. The Balaban J connectivity index is 2.09. The first-order chi connectivity index (χ1) is 14.2. The number of hydrogen-bond donors (Lipinski definition) is 2. The maximum absolute atomic E-state index is 12.9. The van der Waals surface area contributed by atoms with Gasteiger partial charge in [-0.15, -0.1) is 0 Å². The number of nitrogens with zero attached hydrogens (tertiary/aromatic N) is 2. The minimum atomic E-state index is -3.44. The van der Waals surface area contributed by atoms with Gasteiger partial charge >= 0.3 is 0 Å². The van der Waals surface area contributed by atoms with Crippen LogP contribution < -0.4 is 10.6 Å². The normalized spacial score (nSPS) is 17.6. The molecule has 2 rings (SSSR count). The lowest BCUT2D eigenvalue weighted by Crippen LogP contribution is -2.45. The first-order valence-corrected chi connectivity index (χ1v) is 12.3. The Morgan fingerprint density at radius 2 is 1.90 bits per heavy atom. The largest absolute Gasteiger partial charge is 0.379 e. The summed E-state index contributed by atoms with van der Waals surface area (Å²) in [7, 11) is -1.72. The van der Waals surface area contributed by atoms with E-state index in [1.165, 1.54) is 0 Å². The SMILES string of the molecule is CCNC(=NCc1cccc(S(=O)(=O)N2CCCCC2)c1)NCC(OC)C(C)(C)C. The predicted octanol–water partition coefficient (Wildman–Crippen LogP) is 2.98. The smallest absolute Gasteiger partial charge is 0.243 e. The van der Waals surface area contributed by atoms with E-state index in [0.29, 0.717) is 37.0 Å². The Morgan fingerprint density at radius 3 is 2.50 bits per heavy atom. The molecular weight excluding hydrogens is 400 g/mol. The maximum atomic E-state index is 12.9. The van der Waals surface area contributed by atoms with Gasteiger partial charge in [0.25, 0.3) is 0 Å². The number of hydrogen-bond acceptors (Lipinski definition) is 4. The van der Waals surface area contributed by atoms with Crippen molar-refractivity contribution in [2.75, 3.05) is 33.3 Å². The summed E-state index contributed by atoms with van der Waals surface area (Å²) in [5.41, 5.74) is 0.875. The van der Waals surface area contributed by atoms with Gasteiger partial charge in [-0.2, -0.15) is 4.31 Å². The number of rotatable bonds is 8. The molecule has 0 aliphatic carbocycles. The average molecular weight is 439 g/mol. The van der Waals surface area contributed by atoms with E-state index in [2.05, 4.69) is 36.4 Å². The van der Waals surface area contributed by atoms with E-state index >= 15 is 0 Å². The summed E-state index contributed by atoms with van der Waals surface area (Å²) in [6.45, 7) is 11.4. The minimum absolute atomic E-state index is 0.0101. The summed E-state index contributed by atoms with van der Waals surface area (Å²) in [6.07, 6.45) is 3.00. The van der Waals surface area contributed by atoms with Gasteiger partial charge in [-0.3, -0.25) is 0 Å². The molecule has 1 saturated heterocycles. The van der Waals surface area contributed by atoms with Gasteiger partial charge in [0.05, 0.1) is 17.5 Å². The zero-order valence-electron chi connectivity index (χ0n) is 19.1.